The van der Waals surface area contributed by atoms with Crippen LogP contribution in [0.5, 0.6) is 11.5 Å². The fraction of sp³-hybridized carbons (Fsp3) is 0. The van der Waals surface area contributed by atoms with Gasteiger partial charge in [0.1, 0.15) is 11.5 Å². The van der Waals surface area contributed by atoms with Gasteiger partial charge in [0, 0.05) is 0 Å². The number of halogens is 3. The number of phenols is 2. The Kier molecular flexibility index (Phi) is 3.50. The number of phenolic OH excluding ortho intramolecular Hbond substituents is 2. The molecule has 60 valence electrons. The van der Waals surface area contributed by atoms with E-state index in [2.05, 4.69) is 0 Å². The molecule has 0 heterocycles. The van der Waals surface area contributed by atoms with Gasteiger partial charge < -0.3 is 10.2 Å². The summed E-state index contributed by atoms with van der Waals surface area (Å²) in [6.45, 7) is 0. The summed E-state index contributed by atoms with van der Waals surface area (Å²) in [6.07, 6.45) is 0. The van der Waals surface area contributed by atoms with E-state index >= 15 is 0 Å². The first-order valence-corrected chi connectivity index (χ1v) is 5.83. The number of aromatic hydroxyl groups is 2. The molecule has 0 unspecified atom stereocenters. The Morgan fingerprint density at radius 2 is 1.55 bits per heavy atom. The molecule has 2 nitrogen and oxygen atoms in total. The van der Waals surface area contributed by atoms with Gasteiger partial charge >= 0.3 is 0 Å². The Labute approximate surface area is 105 Å². The Balaban J connectivity index is 3.46. The van der Waals surface area contributed by atoms with Crippen LogP contribution in [0.15, 0.2) is 6.07 Å². The quantitative estimate of drug-likeness (QED) is 0.336. The molecule has 0 bridgehead atoms. The molecule has 0 aromatic heterocycles. The molecule has 0 spiro atoms. The van der Waals surface area contributed by atoms with Gasteiger partial charge in [0.25, 0.3) is 0 Å². The van der Waals surface area contributed by atoms with Crippen molar-refractivity contribution in [3.05, 3.63) is 16.8 Å². The van der Waals surface area contributed by atoms with Gasteiger partial charge in [-0.2, -0.15) is 0 Å². The van der Waals surface area contributed by atoms with Crippen LogP contribution in [0.3, 0.4) is 0 Å². The standard InChI is InChI=1S/C6H3I3O2/c7-2-1-3(10)4(8)5(9)6(2)11/h1,10-11H. The van der Waals surface area contributed by atoms with Crippen LogP contribution in [0.4, 0.5) is 0 Å². The molecule has 0 radical (unpaired) electrons. The fourth-order valence-electron chi connectivity index (χ4n) is 0.573. The lowest BCUT2D eigenvalue weighted by molar-refractivity contribution is 0.450. The molecule has 0 amide bonds. The van der Waals surface area contributed by atoms with Gasteiger partial charge in [-0.05, 0) is 73.8 Å². The van der Waals surface area contributed by atoms with Gasteiger partial charge in [-0.1, -0.05) is 0 Å². The molecule has 1 rings (SSSR count). The minimum Gasteiger partial charge on any atom is -0.507 e. The summed E-state index contributed by atoms with van der Waals surface area (Å²) in [4.78, 5) is 0. The van der Waals surface area contributed by atoms with Gasteiger partial charge in [0.2, 0.25) is 0 Å². The lowest BCUT2D eigenvalue weighted by Crippen LogP contribution is -1.85. The Hall–Kier alpha value is 1.01. The van der Waals surface area contributed by atoms with E-state index in [4.69, 9.17) is 0 Å². The SMILES string of the molecule is Oc1cc(I)c(O)c(I)c1I. The van der Waals surface area contributed by atoms with E-state index in [1.807, 2.05) is 67.8 Å². The highest BCUT2D eigenvalue weighted by Gasteiger charge is 2.10. The molecule has 1 aromatic carbocycles. The van der Waals surface area contributed by atoms with Crippen LogP contribution in [0.2, 0.25) is 0 Å². The maximum absolute atomic E-state index is 9.38. The van der Waals surface area contributed by atoms with Gasteiger partial charge in [-0.3, -0.25) is 0 Å². The third-order valence-corrected chi connectivity index (χ3v) is 5.11. The highest BCUT2D eigenvalue weighted by molar-refractivity contribution is 14.1. The zero-order valence-electron chi connectivity index (χ0n) is 5.11. The van der Waals surface area contributed by atoms with Crippen LogP contribution in [0, 0.1) is 10.7 Å². The van der Waals surface area contributed by atoms with Crippen molar-refractivity contribution >= 4 is 67.8 Å². The Morgan fingerprint density at radius 3 is 2.09 bits per heavy atom. The molecule has 1 aromatic rings. The minimum atomic E-state index is 0.220. The topological polar surface area (TPSA) is 40.5 Å². The summed E-state index contributed by atoms with van der Waals surface area (Å²) in [5.74, 6) is 0.464. The number of hydrogen-bond acceptors (Lipinski definition) is 2. The zero-order valence-corrected chi connectivity index (χ0v) is 11.6. The van der Waals surface area contributed by atoms with Crippen LogP contribution in [-0.4, -0.2) is 10.2 Å². The van der Waals surface area contributed by atoms with Crippen molar-refractivity contribution in [1.29, 1.82) is 0 Å². The van der Waals surface area contributed by atoms with E-state index in [0.29, 0.717) is 10.7 Å². The molecule has 0 aliphatic heterocycles. The van der Waals surface area contributed by atoms with Crippen LogP contribution in [0.25, 0.3) is 0 Å². The summed E-state index contributed by atoms with van der Waals surface area (Å²) in [6, 6.07) is 1.54. The minimum absolute atomic E-state index is 0.220. The first-order valence-electron chi connectivity index (χ1n) is 2.59. The highest BCUT2D eigenvalue weighted by Crippen LogP contribution is 2.35. The predicted octanol–water partition coefficient (Wildman–Crippen LogP) is 2.91. The molecule has 0 aliphatic rings. The van der Waals surface area contributed by atoms with Gasteiger partial charge in [-0.15, -0.1) is 0 Å². The monoisotopic (exact) mass is 488 g/mol. The van der Waals surface area contributed by atoms with Crippen molar-refractivity contribution in [2.24, 2.45) is 0 Å². The molecule has 0 atom stereocenters. The van der Waals surface area contributed by atoms with Crippen molar-refractivity contribution in [2.45, 2.75) is 0 Å². The average molecular weight is 488 g/mol. The van der Waals surface area contributed by atoms with Crippen molar-refractivity contribution in [3.63, 3.8) is 0 Å². The first-order chi connectivity index (χ1) is 5.04. The van der Waals surface area contributed by atoms with Gasteiger partial charge in [0.15, 0.2) is 0 Å². The maximum Gasteiger partial charge on any atom is 0.143 e. The van der Waals surface area contributed by atoms with Crippen molar-refractivity contribution < 1.29 is 10.2 Å². The second-order valence-corrected chi connectivity index (χ2v) is 5.17. The average Bonchev–Trinajstić information content (AvgIpc) is 1.97. The van der Waals surface area contributed by atoms with E-state index in [9.17, 15) is 10.2 Å². The predicted molar refractivity (Wildman–Crippen MR) is 67.9 cm³/mol. The number of rotatable bonds is 0. The van der Waals surface area contributed by atoms with Crippen LogP contribution in [-0.2, 0) is 0 Å². The molecule has 5 heteroatoms. The first kappa shape index (κ1) is 10.1. The Bertz CT molecular complexity index is 272. The van der Waals surface area contributed by atoms with E-state index in [1.165, 1.54) is 0 Å². The summed E-state index contributed by atoms with van der Waals surface area (Å²) in [5, 5.41) is 18.7. The molecule has 0 aliphatic carbocycles. The van der Waals surface area contributed by atoms with E-state index in [1.54, 1.807) is 6.07 Å². The molecule has 11 heavy (non-hydrogen) atoms. The normalized spacial score (nSPS) is 10.1. The van der Waals surface area contributed by atoms with Crippen LogP contribution >= 0.6 is 67.8 Å². The second kappa shape index (κ2) is 3.81. The third kappa shape index (κ3) is 2.02. The Morgan fingerprint density at radius 1 is 1.00 bits per heavy atom. The van der Waals surface area contributed by atoms with E-state index in [-0.39, 0.29) is 11.5 Å². The van der Waals surface area contributed by atoms with Crippen LogP contribution in [0.1, 0.15) is 0 Å². The molecule has 0 saturated heterocycles. The summed E-state index contributed by atoms with van der Waals surface area (Å²) < 4.78 is 2.07. The summed E-state index contributed by atoms with van der Waals surface area (Å²) >= 11 is 5.96. The van der Waals surface area contributed by atoms with Gasteiger partial charge in [0.05, 0.1) is 10.7 Å². The third-order valence-electron chi connectivity index (χ3n) is 1.12. The second-order valence-electron chi connectivity index (χ2n) is 1.85. The molecule has 2 N–H and O–H groups in total. The van der Waals surface area contributed by atoms with E-state index in [0.717, 1.165) is 0 Å². The molecular formula is C6H3I3O2. The zero-order chi connectivity index (χ0) is 8.59. The van der Waals surface area contributed by atoms with E-state index < -0.39 is 0 Å². The van der Waals surface area contributed by atoms with Crippen LogP contribution < -0.4 is 0 Å². The van der Waals surface area contributed by atoms with Crippen molar-refractivity contribution in [3.8, 4) is 11.5 Å². The van der Waals surface area contributed by atoms with Crippen molar-refractivity contribution in [1.82, 2.24) is 0 Å². The number of benzene rings is 1. The molecule has 0 fully saturated rings. The molecule has 0 saturated carbocycles. The summed E-state index contributed by atoms with van der Waals surface area (Å²) in [7, 11) is 0. The number of hydrogen-bond donors (Lipinski definition) is 2. The molecular weight excluding hydrogens is 485 g/mol. The lowest BCUT2D eigenvalue weighted by Gasteiger charge is -2.04. The maximum atomic E-state index is 9.38. The highest BCUT2D eigenvalue weighted by atomic mass is 127. The van der Waals surface area contributed by atoms with Gasteiger partial charge in [-0.25, -0.2) is 0 Å². The smallest absolute Gasteiger partial charge is 0.143 e. The largest absolute Gasteiger partial charge is 0.507 e. The fourth-order valence-corrected chi connectivity index (χ4v) is 2.63. The van der Waals surface area contributed by atoms with Crippen molar-refractivity contribution in [2.75, 3.05) is 0 Å². The lowest BCUT2D eigenvalue weighted by atomic mass is 10.3. The summed E-state index contributed by atoms with van der Waals surface area (Å²) in [5.41, 5.74) is 0.